The molecule has 23 heavy (non-hydrogen) atoms. The van der Waals surface area contributed by atoms with Crippen molar-refractivity contribution in [3.63, 3.8) is 0 Å². The molecule has 0 spiro atoms. The van der Waals surface area contributed by atoms with Crippen LogP contribution in [-0.4, -0.2) is 26.5 Å². The molecule has 0 saturated carbocycles. The van der Waals surface area contributed by atoms with E-state index in [0.717, 1.165) is 36.6 Å². The Hall–Kier alpha value is -1.60. The Kier molecular flexibility index (Phi) is 6.01. The minimum atomic E-state index is -3.53. The van der Waals surface area contributed by atoms with Gasteiger partial charge in [-0.25, -0.2) is 13.4 Å². The SMILES string of the molecule is CCCN(CCC)c1ccc(NS(=O)(=O)c2ccc(C)s2)cn1. The molecule has 0 amide bonds. The fourth-order valence-corrected chi connectivity index (χ4v) is 4.60. The first-order valence-corrected chi connectivity index (χ1v) is 10.1. The van der Waals surface area contributed by atoms with Crippen LogP contribution in [0.5, 0.6) is 0 Å². The molecule has 0 unspecified atom stereocenters. The first kappa shape index (κ1) is 17.7. The maximum atomic E-state index is 12.3. The number of pyridine rings is 1. The highest BCUT2D eigenvalue weighted by Crippen LogP contribution is 2.24. The summed E-state index contributed by atoms with van der Waals surface area (Å²) in [7, 11) is -3.53. The Bertz CT molecular complexity index is 718. The van der Waals surface area contributed by atoms with Gasteiger partial charge in [-0.15, -0.1) is 11.3 Å². The molecule has 5 nitrogen and oxygen atoms in total. The molecule has 0 saturated heterocycles. The zero-order chi connectivity index (χ0) is 16.9. The number of sulfonamides is 1. The van der Waals surface area contributed by atoms with Crippen molar-refractivity contribution in [2.75, 3.05) is 22.7 Å². The van der Waals surface area contributed by atoms with Crippen LogP contribution in [-0.2, 0) is 10.0 Å². The number of aromatic nitrogens is 1. The number of hydrogen-bond donors (Lipinski definition) is 1. The van der Waals surface area contributed by atoms with E-state index in [1.807, 2.05) is 13.0 Å². The zero-order valence-corrected chi connectivity index (χ0v) is 15.4. The van der Waals surface area contributed by atoms with Gasteiger partial charge in [-0.05, 0) is 44.0 Å². The topological polar surface area (TPSA) is 62.3 Å². The average molecular weight is 354 g/mol. The summed E-state index contributed by atoms with van der Waals surface area (Å²) < 4.78 is 27.5. The van der Waals surface area contributed by atoms with Crippen molar-refractivity contribution in [3.05, 3.63) is 35.3 Å². The Labute approximate surface area is 142 Å². The van der Waals surface area contributed by atoms with Gasteiger partial charge in [0.05, 0.1) is 11.9 Å². The van der Waals surface area contributed by atoms with Crippen molar-refractivity contribution < 1.29 is 8.42 Å². The Morgan fingerprint density at radius 3 is 2.30 bits per heavy atom. The molecule has 2 rings (SSSR count). The molecule has 0 radical (unpaired) electrons. The van der Waals surface area contributed by atoms with E-state index < -0.39 is 10.0 Å². The third kappa shape index (κ3) is 4.68. The van der Waals surface area contributed by atoms with Gasteiger partial charge in [-0.1, -0.05) is 13.8 Å². The average Bonchev–Trinajstić information content (AvgIpc) is 2.95. The van der Waals surface area contributed by atoms with E-state index >= 15 is 0 Å². The highest BCUT2D eigenvalue weighted by Gasteiger charge is 2.16. The summed E-state index contributed by atoms with van der Waals surface area (Å²) >= 11 is 1.26. The molecule has 2 aromatic rings. The minimum Gasteiger partial charge on any atom is -0.357 e. The van der Waals surface area contributed by atoms with Crippen molar-refractivity contribution in [2.24, 2.45) is 0 Å². The lowest BCUT2D eigenvalue weighted by molar-refractivity contribution is 0.603. The Balaban J connectivity index is 2.13. The zero-order valence-electron chi connectivity index (χ0n) is 13.7. The van der Waals surface area contributed by atoms with Crippen molar-refractivity contribution in [1.29, 1.82) is 0 Å². The normalized spacial score (nSPS) is 11.4. The molecule has 0 atom stereocenters. The van der Waals surface area contributed by atoms with Crippen molar-refractivity contribution in [3.8, 4) is 0 Å². The molecule has 0 aliphatic rings. The molecular weight excluding hydrogens is 330 g/mol. The number of aryl methyl sites for hydroxylation is 1. The molecule has 1 N–H and O–H groups in total. The summed E-state index contributed by atoms with van der Waals surface area (Å²) in [5.74, 6) is 0.878. The summed E-state index contributed by atoms with van der Waals surface area (Å²) in [6, 6.07) is 7.05. The Morgan fingerprint density at radius 2 is 1.83 bits per heavy atom. The summed E-state index contributed by atoms with van der Waals surface area (Å²) in [6.45, 7) is 8.04. The van der Waals surface area contributed by atoms with Crippen LogP contribution < -0.4 is 9.62 Å². The van der Waals surface area contributed by atoms with Gasteiger partial charge >= 0.3 is 0 Å². The van der Waals surface area contributed by atoms with Gasteiger partial charge in [0.25, 0.3) is 10.0 Å². The number of nitrogens with one attached hydrogen (secondary N) is 1. The highest BCUT2D eigenvalue weighted by molar-refractivity contribution is 7.94. The van der Waals surface area contributed by atoms with Crippen molar-refractivity contribution in [2.45, 2.75) is 37.8 Å². The molecule has 2 heterocycles. The van der Waals surface area contributed by atoms with Crippen molar-refractivity contribution >= 4 is 32.9 Å². The first-order chi connectivity index (χ1) is 11.0. The monoisotopic (exact) mass is 353 g/mol. The highest BCUT2D eigenvalue weighted by atomic mass is 32.2. The summed E-state index contributed by atoms with van der Waals surface area (Å²) in [4.78, 5) is 7.58. The predicted molar refractivity (Wildman–Crippen MR) is 96.9 cm³/mol. The van der Waals surface area contributed by atoms with E-state index in [-0.39, 0.29) is 0 Å². The van der Waals surface area contributed by atoms with Gasteiger partial charge in [0.15, 0.2) is 0 Å². The lowest BCUT2D eigenvalue weighted by Gasteiger charge is -2.22. The van der Waals surface area contributed by atoms with E-state index in [2.05, 4.69) is 28.5 Å². The quantitative estimate of drug-likeness (QED) is 0.782. The second kappa shape index (κ2) is 7.79. The molecular formula is C16H23N3O2S2. The first-order valence-electron chi connectivity index (χ1n) is 7.76. The van der Waals surface area contributed by atoms with Gasteiger partial charge in [0.1, 0.15) is 10.0 Å². The van der Waals surface area contributed by atoms with E-state index in [4.69, 9.17) is 0 Å². The van der Waals surface area contributed by atoms with Gasteiger partial charge < -0.3 is 4.90 Å². The maximum absolute atomic E-state index is 12.3. The third-order valence-corrected chi connectivity index (χ3v) is 6.17. The molecule has 2 aromatic heterocycles. The van der Waals surface area contributed by atoms with Crippen LogP contribution in [0.2, 0.25) is 0 Å². The van der Waals surface area contributed by atoms with E-state index in [1.165, 1.54) is 11.3 Å². The van der Waals surface area contributed by atoms with Crippen molar-refractivity contribution in [1.82, 2.24) is 4.98 Å². The number of nitrogens with zero attached hydrogens (tertiary/aromatic N) is 2. The molecule has 7 heteroatoms. The van der Waals surface area contributed by atoms with Crippen LogP contribution in [0.4, 0.5) is 11.5 Å². The second-order valence-electron chi connectivity index (χ2n) is 5.36. The fourth-order valence-electron chi connectivity index (χ4n) is 2.28. The molecule has 0 aliphatic heterocycles. The largest absolute Gasteiger partial charge is 0.357 e. The van der Waals surface area contributed by atoms with Crippen LogP contribution in [0.3, 0.4) is 0 Å². The van der Waals surface area contributed by atoms with Crippen LogP contribution in [0.25, 0.3) is 0 Å². The van der Waals surface area contributed by atoms with Gasteiger partial charge in [-0.2, -0.15) is 0 Å². The van der Waals surface area contributed by atoms with Crippen LogP contribution in [0, 0.1) is 6.92 Å². The summed E-state index contributed by atoms with van der Waals surface area (Å²) in [5.41, 5.74) is 0.479. The molecule has 0 aliphatic carbocycles. The van der Waals surface area contributed by atoms with Gasteiger partial charge in [0.2, 0.25) is 0 Å². The number of rotatable bonds is 8. The Morgan fingerprint density at radius 1 is 1.13 bits per heavy atom. The summed E-state index contributed by atoms with van der Waals surface area (Å²) in [6.07, 6.45) is 3.67. The number of anilines is 2. The van der Waals surface area contributed by atoms with Crippen LogP contribution in [0.15, 0.2) is 34.7 Å². The van der Waals surface area contributed by atoms with Gasteiger partial charge in [-0.3, -0.25) is 4.72 Å². The smallest absolute Gasteiger partial charge is 0.271 e. The summed E-state index contributed by atoms with van der Waals surface area (Å²) in [5, 5.41) is 0. The molecule has 0 aromatic carbocycles. The van der Waals surface area contributed by atoms with E-state index in [1.54, 1.807) is 24.4 Å². The standard InChI is InChI=1S/C16H23N3O2S2/c1-4-10-19(11-5-2)15-8-7-14(12-17-15)18-23(20,21)16-9-6-13(3)22-16/h6-9,12,18H,4-5,10-11H2,1-3H3. The fraction of sp³-hybridized carbons (Fsp3) is 0.438. The van der Waals surface area contributed by atoms with Crippen LogP contribution in [0.1, 0.15) is 31.6 Å². The molecule has 0 fully saturated rings. The lowest BCUT2D eigenvalue weighted by atomic mass is 10.3. The number of hydrogen-bond acceptors (Lipinski definition) is 5. The predicted octanol–water partition coefficient (Wildman–Crippen LogP) is 3.88. The number of thiophene rings is 1. The minimum absolute atomic E-state index is 0.317. The second-order valence-corrected chi connectivity index (χ2v) is 8.56. The van der Waals surface area contributed by atoms with Gasteiger partial charge in [0, 0.05) is 18.0 Å². The van der Waals surface area contributed by atoms with E-state index in [0.29, 0.717) is 9.90 Å². The third-order valence-electron chi connectivity index (χ3n) is 3.29. The molecule has 126 valence electrons. The van der Waals surface area contributed by atoms with Crippen LogP contribution >= 0.6 is 11.3 Å². The lowest BCUT2D eigenvalue weighted by Crippen LogP contribution is -2.25. The van der Waals surface area contributed by atoms with E-state index in [9.17, 15) is 8.42 Å². The molecule has 0 bridgehead atoms. The maximum Gasteiger partial charge on any atom is 0.271 e.